The Bertz CT molecular complexity index is 1990. The lowest BCUT2D eigenvalue weighted by molar-refractivity contribution is 0.0685. The van der Waals surface area contributed by atoms with Gasteiger partial charge >= 0.3 is 5.97 Å². The number of carboxylic acids is 1. The van der Waals surface area contributed by atoms with Gasteiger partial charge in [0.1, 0.15) is 11.4 Å². The summed E-state index contributed by atoms with van der Waals surface area (Å²) in [5.41, 5.74) is 7.34. The highest BCUT2D eigenvalue weighted by Gasteiger charge is 2.23. The SMILES string of the molecule is C/C1=C\c2c(C)ccc3c(c(C(=O)O)n(C)c23)CCCOc2cc(cc3ccccc23)SCc2cc(nn2C)CSC/C=N/N1C. The lowest BCUT2D eigenvalue weighted by atomic mass is 10.00. The summed E-state index contributed by atoms with van der Waals surface area (Å²) in [6, 6.07) is 19.0. The summed E-state index contributed by atoms with van der Waals surface area (Å²) in [4.78, 5) is 13.7. The fourth-order valence-corrected chi connectivity index (χ4v) is 7.67. The van der Waals surface area contributed by atoms with E-state index in [9.17, 15) is 9.90 Å². The predicted molar refractivity (Wildman–Crippen MR) is 191 cm³/mol. The molecular weight excluding hydrogens is 615 g/mol. The van der Waals surface area contributed by atoms with Crippen molar-refractivity contribution >= 4 is 63.5 Å². The van der Waals surface area contributed by atoms with Crippen molar-refractivity contribution in [2.24, 2.45) is 19.2 Å². The van der Waals surface area contributed by atoms with Gasteiger partial charge in [0.05, 0.1) is 17.8 Å². The van der Waals surface area contributed by atoms with Crippen molar-refractivity contribution in [1.29, 1.82) is 0 Å². The van der Waals surface area contributed by atoms with Crippen LogP contribution >= 0.6 is 23.5 Å². The molecule has 1 aliphatic heterocycles. The average Bonchev–Trinajstić information content (AvgIpc) is 3.53. The number of benzene rings is 3. The largest absolute Gasteiger partial charge is 0.493 e. The van der Waals surface area contributed by atoms with Crippen molar-refractivity contribution in [2.75, 3.05) is 19.4 Å². The Morgan fingerprint density at radius 1 is 1.00 bits per heavy atom. The Kier molecular flexibility index (Phi) is 9.47. The van der Waals surface area contributed by atoms with Crippen molar-refractivity contribution in [3.63, 3.8) is 0 Å². The highest BCUT2D eigenvalue weighted by molar-refractivity contribution is 7.99. The number of allylic oxidation sites excluding steroid dienone is 1. The number of thioether (sulfide) groups is 2. The fourth-order valence-electron chi connectivity index (χ4n) is 6.05. The van der Waals surface area contributed by atoms with Gasteiger partial charge in [0.25, 0.3) is 0 Å². The number of carbonyl (C=O) groups is 1. The second-order valence-corrected chi connectivity index (χ2v) is 13.7. The van der Waals surface area contributed by atoms with Crippen molar-refractivity contribution in [2.45, 2.75) is 43.1 Å². The van der Waals surface area contributed by atoms with E-state index in [2.05, 4.69) is 60.6 Å². The van der Waals surface area contributed by atoms with Crippen molar-refractivity contribution in [3.8, 4) is 5.75 Å². The molecule has 0 fully saturated rings. The number of aromatic carboxylic acids is 1. The first-order valence-electron chi connectivity index (χ1n) is 15.4. The Morgan fingerprint density at radius 2 is 1.83 bits per heavy atom. The van der Waals surface area contributed by atoms with Crippen LogP contribution in [0.2, 0.25) is 0 Å². The normalized spacial score (nSPS) is 17.0. The minimum atomic E-state index is -0.924. The van der Waals surface area contributed by atoms with Gasteiger partial charge in [-0.05, 0) is 67.5 Å². The topological polar surface area (TPSA) is 84.9 Å². The van der Waals surface area contributed by atoms with E-state index in [1.54, 1.807) is 23.5 Å². The summed E-state index contributed by atoms with van der Waals surface area (Å²) >= 11 is 3.55. The minimum absolute atomic E-state index is 0.323. The van der Waals surface area contributed by atoms with Crippen LogP contribution < -0.4 is 4.74 Å². The third-order valence-corrected chi connectivity index (χ3v) is 10.4. The van der Waals surface area contributed by atoms with Gasteiger partial charge in [-0.2, -0.15) is 10.2 Å². The molecule has 46 heavy (non-hydrogen) atoms. The number of hydrazone groups is 1. The molecule has 8 nitrogen and oxygen atoms in total. The molecule has 0 unspecified atom stereocenters. The van der Waals surface area contributed by atoms with Gasteiger partial charge < -0.3 is 14.4 Å². The molecule has 0 saturated carbocycles. The Labute approximate surface area is 278 Å². The van der Waals surface area contributed by atoms with Crippen LogP contribution in [0.5, 0.6) is 5.75 Å². The molecule has 0 saturated heterocycles. The van der Waals surface area contributed by atoms with Crippen LogP contribution in [0.3, 0.4) is 0 Å². The van der Waals surface area contributed by atoms with Gasteiger partial charge in [-0.15, -0.1) is 23.5 Å². The van der Waals surface area contributed by atoms with Crippen LogP contribution in [0, 0.1) is 6.92 Å². The number of hydrogen-bond acceptors (Lipinski definition) is 7. The molecule has 1 N–H and O–H groups in total. The van der Waals surface area contributed by atoms with Crippen LogP contribution in [0.25, 0.3) is 27.8 Å². The third-order valence-electron chi connectivity index (χ3n) is 8.52. The maximum absolute atomic E-state index is 12.6. The Hall–Kier alpha value is -4.15. The van der Waals surface area contributed by atoms with E-state index in [-0.39, 0.29) is 0 Å². The van der Waals surface area contributed by atoms with Gasteiger partial charge in [-0.25, -0.2) is 4.79 Å². The molecule has 5 aromatic rings. The van der Waals surface area contributed by atoms with E-state index >= 15 is 0 Å². The van der Waals surface area contributed by atoms with Crippen molar-refractivity contribution < 1.29 is 14.6 Å². The first kappa shape index (κ1) is 31.8. The monoisotopic (exact) mass is 653 g/mol. The summed E-state index contributed by atoms with van der Waals surface area (Å²) in [5.74, 6) is 2.28. The Balaban J connectivity index is 1.38. The van der Waals surface area contributed by atoms with E-state index in [1.165, 1.54) is 5.69 Å². The standard InChI is InChI=1S/C36H39N5O3S2/c1-23-12-13-31-30-11-8-15-44-33-20-28(18-25-9-6-7-10-29(25)33)46-22-27-19-26(38-41(27)5)21-45-16-14-37-40(4)24(2)17-32(23)34(31)39(3)35(30)36(42)43/h6-7,9-10,12-14,17-20H,8,11,15-16,21-22H2,1-5H3,(H,42,43)/b24-17+,37-14+. The van der Waals surface area contributed by atoms with Gasteiger partial charge in [0.15, 0.2) is 0 Å². The molecule has 3 heterocycles. The zero-order valence-electron chi connectivity index (χ0n) is 26.9. The lowest BCUT2D eigenvalue weighted by Gasteiger charge is -2.15. The van der Waals surface area contributed by atoms with Crippen LogP contribution in [0.1, 0.15) is 51.9 Å². The first-order chi connectivity index (χ1) is 22.2. The smallest absolute Gasteiger partial charge is 0.352 e. The predicted octanol–water partition coefficient (Wildman–Crippen LogP) is 7.90. The number of nitrogens with zero attached hydrogens (tertiary/aromatic N) is 5. The molecule has 0 radical (unpaired) electrons. The fraction of sp³-hybridized carbons (Fsp3) is 0.306. The van der Waals surface area contributed by atoms with Crippen LogP contribution in [-0.2, 0) is 32.0 Å². The summed E-state index contributed by atoms with van der Waals surface area (Å²) in [6.07, 6.45) is 5.29. The molecule has 3 aromatic carbocycles. The van der Waals surface area contributed by atoms with Crippen LogP contribution in [0.4, 0.5) is 0 Å². The summed E-state index contributed by atoms with van der Waals surface area (Å²) < 4.78 is 10.2. The number of carboxylic acid groups (broad SMARTS) is 1. The number of aryl methyl sites for hydroxylation is 4. The average molecular weight is 654 g/mol. The molecule has 1 aliphatic rings. The second kappa shape index (κ2) is 13.7. The van der Waals surface area contributed by atoms with Gasteiger partial charge in [-0.1, -0.05) is 36.4 Å². The highest BCUT2D eigenvalue weighted by Crippen LogP contribution is 2.35. The van der Waals surface area contributed by atoms with Crippen molar-refractivity contribution in [1.82, 2.24) is 19.4 Å². The van der Waals surface area contributed by atoms with Crippen molar-refractivity contribution in [3.05, 3.63) is 94.1 Å². The maximum atomic E-state index is 12.6. The number of rotatable bonds is 1. The van der Waals surface area contributed by atoms with Crippen LogP contribution in [0.15, 0.2) is 70.3 Å². The maximum Gasteiger partial charge on any atom is 0.352 e. The molecule has 0 atom stereocenters. The highest BCUT2D eigenvalue weighted by atomic mass is 32.2. The molecule has 0 spiro atoms. The van der Waals surface area contributed by atoms with Gasteiger partial charge in [0.2, 0.25) is 0 Å². The molecule has 0 aliphatic carbocycles. The van der Waals surface area contributed by atoms with Crippen LogP contribution in [-0.4, -0.2) is 56.1 Å². The van der Waals surface area contributed by atoms with Gasteiger partial charge in [0, 0.05) is 77.2 Å². The molecule has 2 aromatic heterocycles. The number of aromatic nitrogens is 3. The number of ether oxygens (including phenoxy) is 1. The molecule has 10 heteroatoms. The zero-order chi connectivity index (χ0) is 32.4. The molecular formula is C36H39N5O3S2. The summed E-state index contributed by atoms with van der Waals surface area (Å²) in [7, 11) is 5.79. The number of fused-ring (bicyclic) bond motifs is 6. The summed E-state index contributed by atoms with van der Waals surface area (Å²) in [6.45, 7) is 4.56. The minimum Gasteiger partial charge on any atom is -0.493 e. The molecule has 6 rings (SSSR count). The van der Waals surface area contributed by atoms with E-state index in [1.807, 2.05) is 60.7 Å². The Morgan fingerprint density at radius 3 is 2.65 bits per heavy atom. The van der Waals surface area contributed by atoms with E-state index in [0.717, 1.165) is 77.7 Å². The van der Waals surface area contributed by atoms with E-state index in [0.29, 0.717) is 25.1 Å². The third kappa shape index (κ3) is 6.55. The quantitative estimate of drug-likeness (QED) is 0.197. The molecule has 0 amide bonds. The first-order valence-corrected chi connectivity index (χ1v) is 17.5. The number of hydrogen-bond donors (Lipinski definition) is 1. The second-order valence-electron chi connectivity index (χ2n) is 11.6. The lowest BCUT2D eigenvalue weighted by Crippen LogP contribution is -2.09. The summed E-state index contributed by atoms with van der Waals surface area (Å²) in [5, 5.41) is 24.8. The van der Waals surface area contributed by atoms with E-state index in [4.69, 9.17) is 9.84 Å². The van der Waals surface area contributed by atoms with E-state index < -0.39 is 5.97 Å². The van der Waals surface area contributed by atoms with Gasteiger partial charge in [-0.3, -0.25) is 9.69 Å². The zero-order valence-corrected chi connectivity index (χ0v) is 28.5. The molecule has 8 bridgehead atoms. The molecule has 238 valence electrons.